The van der Waals surface area contributed by atoms with E-state index in [1.165, 1.54) is 0 Å². The first-order valence-electron chi connectivity index (χ1n) is 7.64. The van der Waals surface area contributed by atoms with Crippen molar-refractivity contribution in [1.29, 1.82) is 0 Å². The maximum atomic E-state index is 4.58. The number of anilines is 2. The summed E-state index contributed by atoms with van der Waals surface area (Å²) < 4.78 is 2.94. The van der Waals surface area contributed by atoms with Crippen LogP contribution in [-0.2, 0) is 0 Å². The Morgan fingerprint density at radius 2 is 1.70 bits per heavy atom. The van der Waals surface area contributed by atoms with E-state index >= 15 is 0 Å². The molecular weight excluding hydrogens is 356 g/mol. The van der Waals surface area contributed by atoms with Gasteiger partial charge in [0.2, 0.25) is 0 Å². The third-order valence-electron chi connectivity index (χ3n) is 4.11. The van der Waals surface area contributed by atoms with Crippen LogP contribution in [0.5, 0.6) is 0 Å². The predicted octanol–water partition coefficient (Wildman–Crippen LogP) is 2.52. The van der Waals surface area contributed by atoms with E-state index in [-0.39, 0.29) is 0 Å². The Bertz CT molecular complexity index is 837. The Morgan fingerprint density at radius 1 is 1.00 bits per heavy atom. The molecule has 1 saturated heterocycles. The van der Waals surface area contributed by atoms with E-state index in [0.29, 0.717) is 0 Å². The van der Waals surface area contributed by atoms with Gasteiger partial charge in [-0.25, -0.2) is 14.5 Å². The van der Waals surface area contributed by atoms with Crippen LogP contribution >= 0.6 is 15.9 Å². The zero-order valence-electron chi connectivity index (χ0n) is 12.9. The van der Waals surface area contributed by atoms with Gasteiger partial charge in [0.15, 0.2) is 5.82 Å². The number of piperazine rings is 1. The first kappa shape index (κ1) is 14.4. The van der Waals surface area contributed by atoms with Gasteiger partial charge in [0.05, 0.1) is 10.2 Å². The number of aromatic nitrogens is 4. The predicted molar refractivity (Wildman–Crippen MR) is 94.1 cm³/mol. The van der Waals surface area contributed by atoms with Gasteiger partial charge in [-0.05, 0) is 41.1 Å². The molecule has 0 unspecified atom stereocenters. The number of fused-ring (bicyclic) bond motifs is 1. The monoisotopic (exact) mass is 372 g/mol. The molecule has 118 valence electrons. The molecule has 7 heteroatoms. The van der Waals surface area contributed by atoms with Gasteiger partial charge in [-0.3, -0.25) is 0 Å². The summed E-state index contributed by atoms with van der Waals surface area (Å²) in [5, 5.41) is 4.47. The SMILES string of the molecule is Cc1cc2c(N3CCN(c4ncccc4Br)CC3)nccn2n1. The van der Waals surface area contributed by atoms with E-state index in [1.807, 2.05) is 42.2 Å². The third-order valence-corrected chi connectivity index (χ3v) is 4.73. The van der Waals surface area contributed by atoms with E-state index < -0.39 is 0 Å². The van der Waals surface area contributed by atoms with Crippen LogP contribution in [0.1, 0.15) is 5.69 Å². The summed E-state index contributed by atoms with van der Waals surface area (Å²) in [6.07, 6.45) is 5.55. The fourth-order valence-corrected chi connectivity index (χ4v) is 3.52. The van der Waals surface area contributed by atoms with Crippen molar-refractivity contribution in [3.8, 4) is 0 Å². The molecule has 4 heterocycles. The number of hydrogen-bond acceptors (Lipinski definition) is 5. The van der Waals surface area contributed by atoms with Crippen molar-refractivity contribution >= 4 is 33.1 Å². The van der Waals surface area contributed by atoms with E-state index in [0.717, 1.165) is 53.5 Å². The molecule has 0 spiro atoms. The van der Waals surface area contributed by atoms with Crippen molar-refractivity contribution in [3.05, 3.63) is 47.0 Å². The van der Waals surface area contributed by atoms with Crippen LogP contribution in [0.15, 0.2) is 41.3 Å². The topological polar surface area (TPSA) is 49.6 Å². The standard InChI is InChI=1S/C16H17BrN6/c1-12-11-14-16(19-5-6-23(14)20-12)22-9-7-21(8-10-22)15-13(17)3-2-4-18-15/h2-6,11H,7-10H2,1H3. The second-order valence-electron chi connectivity index (χ2n) is 5.65. The lowest BCUT2D eigenvalue weighted by atomic mass is 10.3. The van der Waals surface area contributed by atoms with Crippen molar-refractivity contribution in [2.75, 3.05) is 36.0 Å². The minimum absolute atomic E-state index is 0.917. The summed E-state index contributed by atoms with van der Waals surface area (Å²) >= 11 is 3.59. The summed E-state index contributed by atoms with van der Waals surface area (Å²) in [6, 6.07) is 6.06. The normalized spacial score (nSPS) is 15.4. The molecule has 1 aliphatic rings. The zero-order valence-corrected chi connectivity index (χ0v) is 14.4. The molecule has 0 amide bonds. The maximum Gasteiger partial charge on any atom is 0.154 e. The van der Waals surface area contributed by atoms with E-state index in [2.05, 4.69) is 46.9 Å². The molecule has 0 atom stereocenters. The largest absolute Gasteiger partial charge is 0.352 e. The molecule has 4 rings (SSSR count). The highest BCUT2D eigenvalue weighted by molar-refractivity contribution is 9.10. The van der Waals surface area contributed by atoms with Crippen LogP contribution in [-0.4, -0.2) is 45.8 Å². The van der Waals surface area contributed by atoms with Crippen molar-refractivity contribution in [2.24, 2.45) is 0 Å². The van der Waals surface area contributed by atoms with Gasteiger partial charge in [0, 0.05) is 44.8 Å². The minimum atomic E-state index is 0.917. The average molecular weight is 373 g/mol. The van der Waals surface area contributed by atoms with Crippen molar-refractivity contribution in [1.82, 2.24) is 19.6 Å². The Balaban J connectivity index is 1.56. The second-order valence-corrected chi connectivity index (χ2v) is 6.50. The molecule has 0 saturated carbocycles. The van der Waals surface area contributed by atoms with Gasteiger partial charge in [-0.15, -0.1) is 0 Å². The molecule has 6 nitrogen and oxygen atoms in total. The molecule has 3 aromatic heterocycles. The lowest BCUT2D eigenvalue weighted by Crippen LogP contribution is -2.47. The highest BCUT2D eigenvalue weighted by Crippen LogP contribution is 2.26. The average Bonchev–Trinajstić information content (AvgIpc) is 2.96. The molecule has 1 aliphatic heterocycles. The fraction of sp³-hybridized carbons (Fsp3) is 0.312. The van der Waals surface area contributed by atoms with Crippen LogP contribution < -0.4 is 9.80 Å². The number of aryl methyl sites for hydroxylation is 1. The van der Waals surface area contributed by atoms with Gasteiger partial charge < -0.3 is 9.80 Å². The summed E-state index contributed by atoms with van der Waals surface area (Å²) in [5.74, 6) is 2.02. The molecule has 0 N–H and O–H groups in total. The molecule has 1 fully saturated rings. The van der Waals surface area contributed by atoms with Crippen LogP contribution in [0.3, 0.4) is 0 Å². The molecular formula is C16H17BrN6. The zero-order chi connectivity index (χ0) is 15.8. The van der Waals surface area contributed by atoms with E-state index in [4.69, 9.17) is 0 Å². The first-order chi connectivity index (χ1) is 11.2. The van der Waals surface area contributed by atoms with Gasteiger partial charge in [0.25, 0.3) is 0 Å². The maximum absolute atomic E-state index is 4.58. The summed E-state index contributed by atoms with van der Waals surface area (Å²) in [6.45, 7) is 5.68. The second kappa shape index (κ2) is 5.81. The summed E-state index contributed by atoms with van der Waals surface area (Å²) in [7, 11) is 0. The van der Waals surface area contributed by atoms with Gasteiger partial charge in [0.1, 0.15) is 11.3 Å². The quantitative estimate of drug-likeness (QED) is 0.691. The van der Waals surface area contributed by atoms with Crippen LogP contribution in [0.4, 0.5) is 11.6 Å². The Kier molecular flexibility index (Phi) is 3.65. The third kappa shape index (κ3) is 2.65. The Morgan fingerprint density at radius 3 is 2.43 bits per heavy atom. The van der Waals surface area contributed by atoms with E-state index in [1.54, 1.807) is 0 Å². The molecule has 0 bridgehead atoms. The van der Waals surface area contributed by atoms with Crippen LogP contribution in [0.2, 0.25) is 0 Å². The minimum Gasteiger partial charge on any atom is -0.352 e. The summed E-state index contributed by atoms with van der Waals surface area (Å²) in [5.41, 5.74) is 2.08. The smallest absolute Gasteiger partial charge is 0.154 e. The molecule has 23 heavy (non-hydrogen) atoms. The first-order valence-corrected chi connectivity index (χ1v) is 8.43. The van der Waals surface area contributed by atoms with Crippen molar-refractivity contribution in [3.63, 3.8) is 0 Å². The van der Waals surface area contributed by atoms with Gasteiger partial charge in [-0.1, -0.05) is 0 Å². The van der Waals surface area contributed by atoms with Crippen LogP contribution in [0, 0.1) is 6.92 Å². The fourth-order valence-electron chi connectivity index (χ4n) is 3.01. The highest BCUT2D eigenvalue weighted by Gasteiger charge is 2.22. The molecule has 0 radical (unpaired) electrons. The lowest BCUT2D eigenvalue weighted by Gasteiger charge is -2.36. The van der Waals surface area contributed by atoms with Gasteiger partial charge in [-0.2, -0.15) is 5.10 Å². The number of hydrogen-bond donors (Lipinski definition) is 0. The number of pyridine rings is 1. The van der Waals surface area contributed by atoms with E-state index in [9.17, 15) is 0 Å². The molecule has 0 aromatic carbocycles. The lowest BCUT2D eigenvalue weighted by molar-refractivity contribution is 0.641. The Hall–Kier alpha value is -2.15. The van der Waals surface area contributed by atoms with Crippen molar-refractivity contribution < 1.29 is 0 Å². The molecule has 3 aromatic rings. The highest BCUT2D eigenvalue weighted by atomic mass is 79.9. The molecule has 0 aliphatic carbocycles. The van der Waals surface area contributed by atoms with Crippen LogP contribution in [0.25, 0.3) is 5.52 Å². The number of nitrogens with zero attached hydrogens (tertiary/aromatic N) is 6. The number of rotatable bonds is 2. The van der Waals surface area contributed by atoms with Crippen molar-refractivity contribution in [2.45, 2.75) is 6.92 Å². The Labute approximate surface area is 142 Å². The van der Waals surface area contributed by atoms with Gasteiger partial charge >= 0.3 is 0 Å². The number of halogens is 1. The summed E-state index contributed by atoms with van der Waals surface area (Å²) in [4.78, 5) is 13.7.